The van der Waals surface area contributed by atoms with Gasteiger partial charge in [-0.1, -0.05) is 0 Å². The second-order valence-corrected chi connectivity index (χ2v) is 4.16. The van der Waals surface area contributed by atoms with Crippen molar-refractivity contribution in [3.8, 4) is 0 Å². The maximum absolute atomic E-state index is 11.6. The minimum atomic E-state index is -0.206. The molecule has 0 aliphatic heterocycles. The summed E-state index contributed by atoms with van der Waals surface area (Å²) in [4.78, 5) is 15.9. The molecule has 6 nitrogen and oxygen atoms in total. The number of nitrogens with one attached hydrogen (secondary N) is 2. The molecule has 1 aromatic heterocycles. The highest BCUT2D eigenvalue weighted by Crippen LogP contribution is 1.94. The van der Waals surface area contributed by atoms with Crippen molar-refractivity contribution in [1.29, 1.82) is 0 Å². The minimum Gasteiger partial charge on any atom is -0.383 e. The van der Waals surface area contributed by atoms with E-state index in [0.29, 0.717) is 13.2 Å². The third-order valence-corrected chi connectivity index (χ3v) is 2.72. The molecule has 0 spiro atoms. The van der Waals surface area contributed by atoms with Crippen molar-refractivity contribution in [2.75, 3.05) is 26.8 Å². The van der Waals surface area contributed by atoms with Gasteiger partial charge >= 0.3 is 0 Å². The largest absolute Gasteiger partial charge is 0.383 e. The third-order valence-electron chi connectivity index (χ3n) is 2.72. The van der Waals surface area contributed by atoms with Crippen LogP contribution in [0.1, 0.15) is 12.7 Å². The Balaban J connectivity index is 2.18. The topological polar surface area (TPSA) is 68.2 Å². The van der Waals surface area contributed by atoms with Gasteiger partial charge < -0.3 is 19.9 Å². The van der Waals surface area contributed by atoms with Crippen molar-refractivity contribution < 1.29 is 9.53 Å². The van der Waals surface area contributed by atoms with Crippen molar-refractivity contribution in [3.05, 3.63) is 18.2 Å². The van der Waals surface area contributed by atoms with Crippen LogP contribution in [0.15, 0.2) is 12.4 Å². The molecule has 1 heterocycles. The number of amides is 1. The van der Waals surface area contributed by atoms with Crippen LogP contribution in [0.3, 0.4) is 0 Å². The number of carbonyl (C=O) groups is 1. The van der Waals surface area contributed by atoms with Crippen LogP contribution in [0.2, 0.25) is 0 Å². The van der Waals surface area contributed by atoms with Crippen LogP contribution in [0.4, 0.5) is 0 Å². The summed E-state index contributed by atoms with van der Waals surface area (Å²) in [5.74, 6) is 1.00. The van der Waals surface area contributed by atoms with Crippen LogP contribution in [-0.4, -0.2) is 48.3 Å². The van der Waals surface area contributed by atoms with Crippen LogP contribution in [-0.2, 0) is 23.0 Å². The van der Waals surface area contributed by atoms with Crippen molar-refractivity contribution in [2.24, 2.45) is 7.05 Å². The van der Waals surface area contributed by atoms with Gasteiger partial charge in [0.05, 0.1) is 12.6 Å². The first-order chi connectivity index (χ1) is 8.65. The van der Waals surface area contributed by atoms with Gasteiger partial charge in [0.1, 0.15) is 5.82 Å². The number of aryl methyl sites for hydroxylation is 1. The van der Waals surface area contributed by atoms with Gasteiger partial charge in [-0.25, -0.2) is 4.98 Å². The molecular formula is C12H22N4O2. The van der Waals surface area contributed by atoms with Crippen LogP contribution in [0, 0.1) is 0 Å². The molecule has 0 aliphatic carbocycles. The number of hydrogen-bond donors (Lipinski definition) is 2. The fourth-order valence-corrected chi connectivity index (χ4v) is 1.56. The minimum absolute atomic E-state index is 0.00751. The first-order valence-corrected chi connectivity index (χ1v) is 6.11. The Labute approximate surface area is 108 Å². The average Bonchev–Trinajstić information content (AvgIpc) is 2.75. The predicted molar refractivity (Wildman–Crippen MR) is 69.3 cm³/mol. The molecule has 0 bridgehead atoms. The monoisotopic (exact) mass is 254 g/mol. The van der Waals surface area contributed by atoms with Crippen LogP contribution in [0.5, 0.6) is 0 Å². The Bertz CT molecular complexity index is 365. The van der Waals surface area contributed by atoms with Gasteiger partial charge in [0.15, 0.2) is 0 Å². The summed E-state index contributed by atoms with van der Waals surface area (Å²) in [6, 6.07) is -0.206. The highest BCUT2D eigenvalue weighted by molar-refractivity contribution is 5.81. The van der Waals surface area contributed by atoms with Gasteiger partial charge in [-0.05, 0) is 6.92 Å². The zero-order valence-electron chi connectivity index (χ0n) is 11.3. The molecule has 6 heteroatoms. The zero-order valence-corrected chi connectivity index (χ0v) is 11.3. The Hall–Kier alpha value is -1.40. The molecule has 1 rings (SSSR count). The molecule has 1 amide bonds. The molecule has 2 N–H and O–H groups in total. The lowest BCUT2D eigenvalue weighted by Crippen LogP contribution is -2.43. The second-order valence-electron chi connectivity index (χ2n) is 4.16. The number of methoxy groups -OCH3 is 1. The number of ether oxygens (including phenoxy) is 1. The number of rotatable bonds is 8. The van der Waals surface area contributed by atoms with Crippen molar-refractivity contribution in [1.82, 2.24) is 20.2 Å². The smallest absolute Gasteiger partial charge is 0.236 e. The van der Waals surface area contributed by atoms with E-state index < -0.39 is 0 Å². The number of imidazole rings is 1. The lowest BCUT2D eigenvalue weighted by molar-refractivity contribution is -0.122. The summed E-state index contributed by atoms with van der Waals surface area (Å²) in [7, 11) is 3.57. The van der Waals surface area contributed by atoms with E-state index in [-0.39, 0.29) is 11.9 Å². The number of hydrogen-bond acceptors (Lipinski definition) is 4. The lowest BCUT2D eigenvalue weighted by Gasteiger charge is -2.13. The Kier molecular flexibility index (Phi) is 6.38. The number of nitrogens with zero attached hydrogens (tertiary/aromatic N) is 2. The molecule has 0 aromatic carbocycles. The molecule has 0 radical (unpaired) electrons. The SMILES string of the molecule is COCCNC(=O)C(C)NCCc1nccn1C. The molecule has 0 aliphatic rings. The Morgan fingerprint density at radius 1 is 1.56 bits per heavy atom. The highest BCUT2D eigenvalue weighted by Gasteiger charge is 2.11. The molecule has 1 atom stereocenters. The molecule has 0 saturated carbocycles. The van der Waals surface area contributed by atoms with E-state index >= 15 is 0 Å². The van der Waals surface area contributed by atoms with Gasteiger partial charge in [0.2, 0.25) is 5.91 Å². The standard InChI is InChI=1S/C12H22N4O2/c1-10(12(17)15-7-9-18-3)13-5-4-11-14-6-8-16(11)2/h6,8,10,13H,4-5,7,9H2,1-3H3,(H,15,17). The highest BCUT2D eigenvalue weighted by atomic mass is 16.5. The molecule has 1 unspecified atom stereocenters. The summed E-state index contributed by atoms with van der Waals surface area (Å²) in [5.41, 5.74) is 0. The Morgan fingerprint density at radius 2 is 2.33 bits per heavy atom. The summed E-state index contributed by atoms with van der Waals surface area (Å²) < 4.78 is 6.85. The van der Waals surface area contributed by atoms with Gasteiger partial charge in [0.25, 0.3) is 0 Å². The maximum Gasteiger partial charge on any atom is 0.236 e. The number of carbonyl (C=O) groups excluding carboxylic acids is 1. The van der Waals surface area contributed by atoms with Crippen LogP contribution in [0.25, 0.3) is 0 Å². The molecule has 102 valence electrons. The normalized spacial score (nSPS) is 12.4. The summed E-state index contributed by atoms with van der Waals surface area (Å²) in [6.45, 7) is 3.65. The van der Waals surface area contributed by atoms with Crippen molar-refractivity contribution >= 4 is 5.91 Å². The molecule has 0 fully saturated rings. The van der Waals surface area contributed by atoms with E-state index in [1.165, 1.54) is 0 Å². The van der Waals surface area contributed by atoms with E-state index in [9.17, 15) is 4.79 Å². The Morgan fingerprint density at radius 3 is 2.94 bits per heavy atom. The van der Waals surface area contributed by atoms with E-state index in [2.05, 4.69) is 15.6 Å². The van der Waals surface area contributed by atoms with Crippen LogP contribution < -0.4 is 10.6 Å². The first kappa shape index (κ1) is 14.7. The molecular weight excluding hydrogens is 232 g/mol. The number of aromatic nitrogens is 2. The quantitative estimate of drug-likeness (QED) is 0.625. The van der Waals surface area contributed by atoms with E-state index in [0.717, 1.165) is 18.8 Å². The molecule has 18 heavy (non-hydrogen) atoms. The maximum atomic E-state index is 11.6. The van der Waals surface area contributed by atoms with E-state index in [1.54, 1.807) is 13.3 Å². The van der Waals surface area contributed by atoms with Crippen molar-refractivity contribution in [2.45, 2.75) is 19.4 Å². The van der Waals surface area contributed by atoms with Crippen molar-refractivity contribution in [3.63, 3.8) is 0 Å². The fourth-order valence-electron chi connectivity index (χ4n) is 1.56. The second kappa shape index (κ2) is 7.84. The third kappa shape index (κ3) is 4.85. The first-order valence-electron chi connectivity index (χ1n) is 6.11. The van der Waals surface area contributed by atoms with Gasteiger partial charge in [-0.2, -0.15) is 0 Å². The summed E-state index contributed by atoms with van der Waals surface area (Å²) in [5, 5.41) is 5.96. The van der Waals surface area contributed by atoms with Crippen LogP contribution >= 0.6 is 0 Å². The summed E-state index contributed by atoms with van der Waals surface area (Å²) >= 11 is 0. The average molecular weight is 254 g/mol. The predicted octanol–water partition coefficient (Wildman–Crippen LogP) is -0.297. The lowest BCUT2D eigenvalue weighted by atomic mass is 10.3. The molecule has 0 saturated heterocycles. The van der Waals surface area contributed by atoms with E-state index in [4.69, 9.17) is 4.74 Å². The molecule has 1 aromatic rings. The van der Waals surface area contributed by atoms with Gasteiger partial charge in [-0.15, -0.1) is 0 Å². The van der Waals surface area contributed by atoms with E-state index in [1.807, 2.05) is 24.7 Å². The van der Waals surface area contributed by atoms with Gasteiger partial charge in [-0.3, -0.25) is 4.79 Å². The fraction of sp³-hybridized carbons (Fsp3) is 0.667. The summed E-state index contributed by atoms with van der Waals surface area (Å²) in [6.07, 6.45) is 4.49. The zero-order chi connectivity index (χ0) is 13.4. The van der Waals surface area contributed by atoms with Gasteiger partial charge in [0, 0.05) is 46.1 Å².